The Morgan fingerprint density at radius 2 is 1.00 bits per heavy atom. The van der Waals surface area contributed by atoms with E-state index in [-0.39, 0.29) is 0 Å². The molecule has 0 unspecified atom stereocenters. The highest BCUT2D eigenvalue weighted by Crippen LogP contribution is 2.13. The van der Waals surface area contributed by atoms with Gasteiger partial charge in [0.15, 0.2) is 0 Å². The average Bonchev–Trinajstić information content (AvgIpc) is 2.60. The maximum atomic E-state index is 10.3. The van der Waals surface area contributed by atoms with E-state index in [0.717, 1.165) is 18.9 Å². The lowest BCUT2D eigenvalue weighted by Gasteiger charge is -2.03. The molecule has 0 saturated heterocycles. The van der Waals surface area contributed by atoms with Crippen molar-refractivity contribution in [3.8, 4) is 0 Å². The molecule has 3 heteroatoms. The lowest BCUT2D eigenvalue weighted by Crippen LogP contribution is -1.85. The normalized spacial score (nSPS) is 11.7. The van der Waals surface area contributed by atoms with Crippen LogP contribution < -0.4 is 0 Å². The zero-order valence-corrected chi connectivity index (χ0v) is 16.1. The van der Waals surface area contributed by atoms with Gasteiger partial charge < -0.3 is 10.2 Å². The van der Waals surface area contributed by atoms with Crippen LogP contribution in [-0.2, 0) is 4.79 Å². The second kappa shape index (κ2) is 21.0. The minimum Gasteiger partial charge on any atom is -0.478 e. The summed E-state index contributed by atoms with van der Waals surface area (Å²) in [5.41, 5.74) is 0. The van der Waals surface area contributed by atoms with Crippen LogP contribution in [0.1, 0.15) is 103 Å². The lowest BCUT2D eigenvalue weighted by atomic mass is 10.0. The molecule has 0 atom stereocenters. The number of allylic oxidation sites excluding steroid dienone is 3. The van der Waals surface area contributed by atoms with E-state index < -0.39 is 5.97 Å². The number of hydrogen-bond donors (Lipinski definition) is 2. The van der Waals surface area contributed by atoms with Crippen LogP contribution in [0.15, 0.2) is 24.3 Å². The van der Waals surface area contributed by atoms with Gasteiger partial charge in [-0.25, -0.2) is 4.79 Å². The molecule has 0 aromatic rings. The molecule has 0 saturated carbocycles. The quantitative estimate of drug-likeness (QED) is 0.160. The highest BCUT2D eigenvalue weighted by Gasteiger charge is 1.94. The molecule has 146 valence electrons. The predicted octanol–water partition coefficient (Wildman–Crippen LogP) is 6.42. The Morgan fingerprint density at radius 3 is 1.40 bits per heavy atom. The van der Waals surface area contributed by atoms with E-state index in [2.05, 4.69) is 0 Å². The molecule has 0 bridgehead atoms. The number of aliphatic carboxylic acids is 1. The molecule has 0 fully saturated rings. The first-order chi connectivity index (χ1) is 12.3. The minimum absolute atomic E-state index is 0.350. The number of aliphatic hydroxyl groups excluding tert-OH is 1. The number of carbonyl (C=O) groups is 1. The van der Waals surface area contributed by atoms with Crippen molar-refractivity contribution in [3.05, 3.63) is 24.3 Å². The number of hydrogen-bond acceptors (Lipinski definition) is 2. The first-order valence-electron chi connectivity index (χ1n) is 10.4. The third-order valence-electron chi connectivity index (χ3n) is 4.51. The van der Waals surface area contributed by atoms with Gasteiger partial charge in [0.2, 0.25) is 0 Å². The van der Waals surface area contributed by atoms with Crippen LogP contribution in [0, 0.1) is 0 Å². The van der Waals surface area contributed by atoms with Gasteiger partial charge in [-0.2, -0.15) is 0 Å². The second-order valence-corrected chi connectivity index (χ2v) is 6.94. The molecule has 3 nitrogen and oxygen atoms in total. The zero-order chi connectivity index (χ0) is 18.4. The molecule has 0 heterocycles. The number of aliphatic hydroxyl groups is 1. The Bertz CT molecular complexity index is 334. The highest BCUT2D eigenvalue weighted by atomic mass is 16.4. The van der Waals surface area contributed by atoms with Crippen molar-refractivity contribution in [1.82, 2.24) is 0 Å². The monoisotopic (exact) mass is 352 g/mol. The van der Waals surface area contributed by atoms with Crippen molar-refractivity contribution < 1.29 is 15.0 Å². The smallest absolute Gasteiger partial charge is 0.328 e. The predicted molar refractivity (Wildman–Crippen MR) is 107 cm³/mol. The van der Waals surface area contributed by atoms with Gasteiger partial charge in [-0.15, -0.1) is 0 Å². The van der Waals surface area contributed by atoms with Crippen molar-refractivity contribution in [1.29, 1.82) is 0 Å². The molecule has 0 aliphatic rings. The highest BCUT2D eigenvalue weighted by molar-refractivity contribution is 5.80. The Balaban J connectivity index is 3.08. The summed E-state index contributed by atoms with van der Waals surface area (Å²) in [6.07, 6.45) is 27.3. The standard InChI is InChI=1S/C22H40O3/c23-21-19-17-15-13-11-9-7-5-3-1-2-4-6-8-10-12-14-16-18-20-22(24)25/h14,16,18,20,23H,1-13,15,17,19,21H2,(H,24,25). The molecule has 25 heavy (non-hydrogen) atoms. The summed E-state index contributed by atoms with van der Waals surface area (Å²) in [6, 6.07) is 0. The van der Waals surface area contributed by atoms with E-state index in [1.165, 1.54) is 89.9 Å². The van der Waals surface area contributed by atoms with E-state index in [0.29, 0.717) is 6.61 Å². The third kappa shape index (κ3) is 22.9. The van der Waals surface area contributed by atoms with E-state index >= 15 is 0 Å². The second-order valence-electron chi connectivity index (χ2n) is 6.94. The van der Waals surface area contributed by atoms with Crippen LogP contribution in [0.3, 0.4) is 0 Å². The van der Waals surface area contributed by atoms with Crippen molar-refractivity contribution in [2.45, 2.75) is 103 Å². The first-order valence-corrected chi connectivity index (χ1v) is 10.4. The molecule has 0 aromatic carbocycles. The third-order valence-corrected chi connectivity index (χ3v) is 4.51. The van der Waals surface area contributed by atoms with Crippen LogP contribution in [0.4, 0.5) is 0 Å². The molecule has 2 N–H and O–H groups in total. The van der Waals surface area contributed by atoms with Gasteiger partial charge in [0.05, 0.1) is 0 Å². The Labute approximate surface area is 155 Å². The van der Waals surface area contributed by atoms with Crippen LogP contribution >= 0.6 is 0 Å². The van der Waals surface area contributed by atoms with Crippen molar-refractivity contribution >= 4 is 5.97 Å². The van der Waals surface area contributed by atoms with E-state index in [9.17, 15) is 4.79 Å². The molecule has 0 radical (unpaired) electrons. The van der Waals surface area contributed by atoms with Crippen LogP contribution in [-0.4, -0.2) is 22.8 Å². The molecule has 0 aliphatic carbocycles. The van der Waals surface area contributed by atoms with E-state index in [4.69, 9.17) is 10.2 Å². The largest absolute Gasteiger partial charge is 0.478 e. The number of carboxylic acids is 1. The summed E-state index contributed by atoms with van der Waals surface area (Å²) in [6.45, 7) is 0.350. The maximum Gasteiger partial charge on any atom is 0.328 e. The van der Waals surface area contributed by atoms with Crippen molar-refractivity contribution in [3.63, 3.8) is 0 Å². The summed E-state index contributed by atoms with van der Waals surface area (Å²) in [7, 11) is 0. The van der Waals surface area contributed by atoms with E-state index in [1.807, 2.05) is 12.2 Å². The number of unbranched alkanes of at least 4 members (excludes halogenated alkanes) is 15. The number of carboxylic acid groups (broad SMARTS) is 1. The molecule has 0 rings (SSSR count). The molecule has 0 amide bonds. The first kappa shape index (κ1) is 23.9. The van der Waals surface area contributed by atoms with Crippen LogP contribution in [0.5, 0.6) is 0 Å². The van der Waals surface area contributed by atoms with Gasteiger partial charge in [0, 0.05) is 12.7 Å². The van der Waals surface area contributed by atoms with Crippen LogP contribution in [0.2, 0.25) is 0 Å². The summed E-state index contributed by atoms with van der Waals surface area (Å²) >= 11 is 0. The fraction of sp³-hybridized carbons (Fsp3) is 0.773. The zero-order valence-electron chi connectivity index (χ0n) is 16.1. The van der Waals surface area contributed by atoms with Crippen molar-refractivity contribution in [2.24, 2.45) is 0 Å². The fourth-order valence-corrected chi connectivity index (χ4v) is 2.98. The molecule has 0 aromatic heterocycles. The molecule has 0 spiro atoms. The summed E-state index contributed by atoms with van der Waals surface area (Å²) in [5, 5.41) is 17.1. The Morgan fingerprint density at radius 1 is 0.600 bits per heavy atom. The van der Waals surface area contributed by atoms with Crippen LogP contribution in [0.25, 0.3) is 0 Å². The van der Waals surface area contributed by atoms with E-state index in [1.54, 1.807) is 6.08 Å². The Hall–Kier alpha value is -1.09. The summed E-state index contributed by atoms with van der Waals surface area (Å²) < 4.78 is 0. The maximum absolute atomic E-state index is 10.3. The van der Waals surface area contributed by atoms with Gasteiger partial charge in [-0.3, -0.25) is 0 Å². The molecule has 0 aliphatic heterocycles. The molecular weight excluding hydrogens is 312 g/mol. The number of rotatable bonds is 19. The lowest BCUT2D eigenvalue weighted by molar-refractivity contribution is -0.131. The SMILES string of the molecule is O=C(O)C=CC=CCCCCCCCCCCCCCCCCCO. The summed E-state index contributed by atoms with van der Waals surface area (Å²) in [5.74, 6) is -0.890. The van der Waals surface area contributed by atoms with Gasteiger partial charge in [0.25, 0.3) is 0 Å². The Kier molecular flexibility index (Phi) is 20.0. The van der Waals surface area contributed by atoms with Gasteiger partial charge >= 0.3 is 5.97 Å². The minimum atomic E-state index is -0.890. The van der Waals surface area contributed by atoms with Gasteiger partial charge in [-0.05, 0) is 19.3 Å². The van der Waals surface area contributed by atoms with Gasteiger partial charge in [0.1, 0.15) is 0 Å². The topological polar surface area (TPSA) is 57.5 Å². The molecular formula is C22H40O3. The summed E-state index contributed by atoms with van der Waals surface area (Å²) in [4.78, 5) is 10.3. The van der Waals surface area contributed by atoms with Gasteiger partial charge in [-0.1, -0.05) is 102 Å². The van der Waals surface area contributed by atoms with Crippen molar-refractivity contribution in [2.75, 3.05) is 6.61 Å². The fourth-order valence-electron chi connectivity index (χ4n) is 2.98. The average molecular weight is 353 g/mol.